The van der Waals surface area contributed by atoms with Gasteiger partial charge in [-0.2, -0.15) is 0 Å². The van der Waals surface area contributed by atoms with Gasteiger partial charge < -0.3 is 14.5 Å². The molecule has 192 valence electrons. The number of amides is 1. The summed E-state index contributed by atoms with van der Waals surface area (Å²) in [7, 11) is 2.01. The SMILES string of the molecule is C=CCn1c(=O)c2cnc(SC)nc2n1-c1cccc(N(C)C2CCN(C(=O)OC(C)(C)C)CC2)n1. The Kier molecular flexibility index (Phi) is 7.39. The van der Waals surface area contributed by atoms with Crippen LogP contribution in [0.4, 0.5) is 10.6 Å². The van der Waals surface area contributed by atoms with Crippen LogP contribution < -0.4 is 10.5 Å². The van der Waals surface area contributed by atoms with Crippen LogP contribution in [0.25, 0.3) is 16.9 Å². The van der Waals surface area contributed by atoms with Crippen LogP contribution >= 0.6 is 11.8 Å². The summed E-state index contributed by atoms with van der Waals surface area (Å²) in [5, 5.41) is 1.02. The third kappa shape index (κ3) is 5.25. The zero-order valence-corrected chi connectivity index (χ0v) is 22.3. The van der Waals surface area contributed by atoms with E-state index in [-0.39, 0.29) is 17.7 Å². The predicted octanol–water partition coefficient (Wildman–Crippen LogP) is 3.72. The summed E-state index contributed by atoms with van der Waals surface area (Å²) in [6.07, 6.45) is 6.48. The number of anilines is 1. The Balaban J connectivity index is 1.60. The Hall–Kier alpha value is -3.34. The van der Waals surface area contributed by atoms with E-state index in [2.05, 4.69) is 21.4 Å². The lowest BCUT2D eigenvalue weighted by molar-refractivity contribution is 0.0205. The number of hydrogen-bond acceptors (Lipinski definition) is 8. The maximum atomic E-state index is 13.1. The highest BCUT2D eigenvalue weighted by atomic mass is 32.2. The van der Waals surface area contributed by atoms with Gasteiger partial charge >= 0.3 is 6.09 Å². The van der Waals surface area contributed by atoms with Crippen molar-refractivity contribution < 1.29 is 9.53 Å². The second-order valence-corrected chi connectivity index (χ2v) is 10.5. The lowest BCUT2D eigenvalue weighted by Crippen LogP contribution is -2.47. The van der Waals surface area contributed by atoms with Gasteiger partial charge in [0, 0.05) is 32.4 Å². The van der Waals surface area contributed by atoms with Crippen LogP contribution in [0, 0.1) is 0 Å². The second-order valence-electron chi connectivity index (χ2n) is 9.75. The van der Waals surface area contributed by atoms with Gasteiger partial charge in [0.1, 0.15) is 16.8 Å². The third-order valence-corrected chi connectivity index (χ3v) is 6.66. The van der Waals surface area contributed by atoms with Crippen molar-refractivity contribution in [1.82, 2.24) is 29.2 Å². The molecule has 3 aromatic heterocycles. The van der Waals surface area contributed by atoms with Gasteiger partial charge in [0.2, 0.25) is 0 Å². The van der Waals surface area contributed by atoms with Gasteiger partial charge in [-0.3, -0.25) is 4.79 Å². The largest absolute Gasteiger partial charge is 0.444 e. The van der Waals surface area contributed by atoms with E-state index < -0.39 is 5.60 Å². The van der Waals surface area contributed by atoms with Gasteiger partial charge in [-0.25, -0.2) is 29.1 Å². The number of nitrogens with zero attached hydrogens (tertiary/aromatic N) is 7. The van der Waals surface area contributed by atoms with Crippen molar-refractivity contribution in [3.63, 3.8) is 0 Å². The number of ether oxygens (including phenoxy) is 1. The molecule has 0 atom stereocenters. The Morgan fingerprint density at radius 3 is 2.64 bits per heavy atom. The molecule has 1 fully saturated rings. The van der Waals surface area contributed by atoms with Crippen LogP contribution in [0.5, 0.6) is 0 Å². The van der Waals surface area contributed by atoms with E-state index in [9.17, 15) is 9.59 Å². The van der Waals surface area contributed by atoms with E-state index >= 15 is 0 Å². The second kappa shape index (κ2) is 10.3. The average molecular weight is 512 g/mol. The number of thioether (sulfide) groups is 1. The fourth-order valence-electron chi connectivity index (χ4n) is 4.31. The molecule has 0 unspecified atom stereocenters. The molecular formula is C25H33N7O3S. The van der Waals surface area contributed by atoms with Crippen molar-refractivity contribution in [2.45, 2.75) is 57.0 Å². The summed E-state index contributed by atoms with van der Waals surface area (Å²) in [6, 6.07) is 5.96. The summed E-state index contributed by atoms with van der Waals surface area (Å²) in [6.45, 7) is 11.0. The molecule has 1 aliphatic heterocycles. The number of allylic oxidation sites excluding steroid dienone is 1. The first-order chi connectivity index (χ1) is 17.1. The Bertz CT molecular complexity index is 1320. The lowest BCUT2D eigenvalue weighted by Gasteiger charge is -2.37. The van der Waals surface area contributed by atoms with Gasteiger partial charge in [-0.05, 0) is 52.0 Å². The minimum atomic E-state index is -0.508. The summed E-state index contributed by atoms with van der Waals surface area (Å²) in [5.74, 6) is 1.37. The van der Waals surface area contributed by atoms with Gasteiger partial charge in [-0.1, -0.05) is 23.9 Å². The van der Waals surface area contributed by atoms with E-state index in [4.69, 9.17) is 9.72 Å². The smallest absolute Gasteiger partial charge is 0.410 e. The first-order valence-corrected chi connectivity index (χ1v) is 13.2. The summed E-state index contributed by atoms with van der Waals surface area (Å²) in [4.78, 5) is 43.2. The molecule has 11 heteroatoms. The predicted molar refractivity (Wildman–Crippen MR) is 142 cm³/mol. The topological polar surface area (TPSA) is 98.4 Å². The maximum absolute atomic E-state index is 13.1. The highest BCUT2D eigenvalue weighted by Gasteiger charge is 2.29. The molecule has 4 rings (SSSR count). The number of rotatable bonds is 6. The van der Waals surface area contributed by atoms with Gasteiger partial charge in [0.25, 0.3) is 5.56 Å². The van der Waals surface area contributed by atoms with Gasteiger partial charge in [0.05, 0.1) is 6.54 Å². The fraction of sp³-hybridized carbons (Fsp3) is 0.480. The minimum Gasteiger partial charge on any atom is -0.444 e. The summed E-state index contributed by atoms with van der Waals surface area (Å²) >= 11 is 1.42. The van der Waals surface area contributed by atoms with E-state index in [1.807, 2.05) is 52.3 Å². The molecule has 1 amide bonds. The normalized spacial score (nSPS) is 14.8. The van der Waals surface area contributed by atoms with Crippen LogP contribution in [0.3, 0.4) is 0 Å². The molecule has 4 heterocycles. The van der Waals surface area contributed by atoms with Crippen molar-refractivity contribution >= 4 is 34.7 Å². The highest BCUT2D eigenvalue weighted by molar-refractivity contribution is 7.98. The number of carbonyl (C=O) groups is 1. The molecule has 0 N–H and O–H groups in total. The number of carbonyl (C=O) groups excluding carboxylic acids is 1. The summed E-state index contributed by atoms with van der Waals surface area (Å²) in [5.41, 5.74) is -0.183. The number of likely N-dealkylation sites (tertiary alicyclic amines) is 1. The molecule has 0 spiro atoms. The van der Waals surface area contributed by atoms with E-state index in [0.717, 1.165) is 18.7 Å². The van der Waals surface area contributed by atoms with Crippen LogP contribution in [-0.2, 0) is 11.3 Å². The number of hydrogen-bond donors (Lipinski definition) is 0. The monoisotopic (exact) mass is 511 g/mol. The molecule has 36 heavy (non-hydrogen) atoms. The van der Waals surface area contributed by atoms with Crippen molar-refractivity contribution in [2.75, 3.05) is 31.3 Å². The minimum absolute atomic E-state index is 0.187. The van der Waals surface area contributed by atoms with Gasteiger partial charge in [0.15, 0.2) is 16.6 Å². The summed E-state index contributed by atoms with van der Waals surface area (Å²) < 4.78 is 8.83. The first kappa shape index (κ1) is 25.7. The van der Waals surface area contributed by atoms with E-state index in [0.29, 0.717) is 41.6 Å². The van der Waals surface area contributed by atoms with Crippen LogP contribution in [-0.4, -0.2) is 73.3 Å². The Morgan fingerprint density at radius 1 is 1.28 bits per heavy atom. The van der Waals surface area contributed by atoms with Crippen molar-refractivity contribution in [1.29, 1.82) is 0 Å². The molecule has 10 nitrogen and oxygen atoms in total. The van der Waals surface area contributed by atoms with Gasteiger partial charge in [-0.15, -0.1) is 6.58 Å². The zero-order chi connectivity index (χ0) is 26.0. The van der Waals surface area contributed by atoms with Crippen molar-refractivity contribution in [3.8, 4) is 5.82 Å². The first-order valence-electron chi connectivity index (χ1n) is 11.9. The van der Waals surface area contributed by atoms with E-state index in [1.165, 1.54) is 11.8 Å². The number of fused-ring (bicyclic) bond motifs is 1. The van der Waals surface area contributed by atoms with Crippen LogP contribution in [0.1, 0.15) is 33.6 Å². The number of pyridine rings is 1. The van der Waals surface area contributed by atoms with Crippen LogP contribution in [0.2, 0.25) is 0 Å². The molecule has 3 aromatic rings. The molecule has 0 bridgehead atoms. The molecular weight excluding hydrogens is 478 g/mol. The average Bonchev–Trinajstić information content (AvgIpc) is 3.13. The molecule has 0 saturated carbocycles. The molecule has 0 radical (unpaired) electrons. The number of aromatic nitrogens is 5. The number of piperidine rings is 1. The molecule has 0 aromatic carbocycles. The molecule has 0 aliphatic carbocycles. The quantitative estimate of drug-likeness (QED) is 0.281. The van der Waals surface area contributed by atoms with Crippen LogP contribution in [0.15, 0.2) is 47.0 Å². The highest BCUT2D eigenvalue weighted by Crippen LogP contribution is 2.24. The Labute approximate surface area is 215 Å². The lowest BCUT2D eigenvalue weighted by atomic mass is 10.0. The third-order valence-electron chi connectivity index (χ3n) is 6.10. The molecule has 1 saturated heterocycles. The zero-order valence-electron chi connectivity index (χ0n) is 21.5. The van der Waals surface area contributed by atoms with Crippen molar-refractivity contribution in [3.05, 3.63) is 47.4 Å². The standard InChI is InChI=1S/C25H33N7O3S/c1-7-13-31-22(33)18-16-26-23(36-6)28-21(18)32(31)20-10-8-9-19(27-20)29(5)17-11-14-30(15-12-17)24(34)35-25(2,3)4/h7-10,16-17H,1,11-15H2,2-6H3. The molecule has 1 aliphatic rings. The van der Waals surface area contributed by atoms with E-state index in [1.54, 1.807) is 26.5 Å². The fourth-order valence-corrected chi connectivity index (χ4v) is 4.64. The van der Waals surface area contributed by atoms with Crippen molar-refractivity contribution in [2.24, 2.45) is 0 Å². The Morgan fingerprint density at radius 2 is 2.00 bits per heavy atom. The maximum Gasteiger partial charge on any atom is 0.410 e.